The summed E-state index contributed by atoms with van der Waals surface area (Å²) < 4.78 is 87.9. The van der Waals surface area contributed by atoms with Gasteiger partial charge in [-0.1, -0.05) is 24.3 Å². The Morgan fingerprint density at radius 1 is 0.919 bits per heavy atom. The van der Waals surface area contributed by atoms with Crippen molar-refractivity contribution in [3.63, 3.8) is 0 Å². The molecule has 1 atom stereocenters. The minimum atomic E-state index is -4.56. The number of rotatable bonds is 5. The van der Waals surface area contributed by atoms with Crippen LogP contribution in [-0.2, 0) is 16.2 Å². The second-order valence-corrected chi connectivity index (χ2v) is 10.1. The Balaban J connectivity index is 1.56. The molecule has 2 heterocycles. The summed E-state index contributed by atoms with van der Waals surface area (Å²) in [6.07, 6.45) is -1.31. The minimum Gasteiger partial charge on any atom is -0.493 e. The highest BCUT2D eigenvalue weighted by Gasteiger charge is 2.33. The summed E-state index contributed by atoms with van der Waals surface area (Å²) in [7, 11) is -4.02. The average molecular weight is 530 g/mol. The molecule has 0 fully saturated rings. The van der Waals surface area contributed by atoms with E-state index in [0.29, 0.717) is 34.4 Å². The highest BCUT2D eigenvalue weighted by atomic mass is 32.2. The number of nitrogens with zero attached hydrogens (tertiary/aromatic N) is 2. The molecule has 0 bridgehead atoms. The quantitative estimate of drug-likeness (QED) is 0.320. The number of hydrogen-bond donors (Lipinski definition) is 1. The normalized spacial score (nSPS) is 15.5. The summed E-state index contributed by atoms with van der Waals surface area (Å²) in [6.45, 7) is 0.222. The lowest BCUT2D eigenvalue weighted by atomic mass is 9.82. The van der Waals surface area contributed by atoms with E-state index >= 15 is 0 Å². The molecule has 0 saturated carbocycles. The van der Waals surface area contributed by atoms with Gasteiger partial charge in [-0.2, -0.15) is 13.2 Å². The van der Waals surface area contributed by atoms with Gasteiger partial charge in [-0.15, -0.1) is 0 Å². The fourth-order valence-corrected chi connectivity index (χ4v) is 5.28. The molecule has 37 heavy (non-hydrogen) atoms. The van der Waals surface area contributed by atoms with Crippen molar-refractivity contribution in [1.29, 1.82) is 0 Å². The van der Waals surface area contributed by atoms with Gasteiger partial charge in [0.15, 0.2) is 0 Å². The number of fused-ring (bicyclic) bond motifs is 1. The number of aromatic nitrogens is 2. The van der Waals surface area contributed by atoms with Crippen molar-refractivity contribution < 1.29 is 30.7 Å². The van der Waals surface area contributed by atoms with Gasteiger partial charge in [-0.05, 0) is 59.5 Å². The summed E-state index contributed by atoms with van der Waals surface area (Å²) >= 11 is 0. The standard InChI is InChI=1S/C26H19F4N3O3S/c27-18-5-2-16(3-6-18)23-14-17(26(28,29)30)4-8-20(23)21-10-13-36-24-15-19(7-9-22(21)24)37(34,35)33-25-31-11-1-12-32-25/h1-9,11-12,14-15,21H,10,13H2,(H,31,32,33)/t21-/m1/s1. The van der Waals surface area contributed by atoms with Crippen LogP contribution in [0.25, 0.3) is 11.1 Å². The van der Waals surface area contributed by atoms with E-state index in [1.807, 2.05) is 0 Å². The molecule has 1 aromatic heterocycles. The fraction of sp³-hybridized carbons (Fsp3) is 0.154. The van der Waals surface area contributed by atoms with Crippen molar-refractivity contribution in [2.75, 3.05) is 11.3 Å². The van der Waals surface area contributed by atoms with E-state index < -0.39 is 27.6 Å². The number of alkyl halides is 3. The first-order chi connectivity index (χ1) is 17.6. The van der Waals surface area contributed by atoms with Gasteiger partial charge in [0.05, 0.1) is 17.1 Å². The molecule has 0 spiro atoms. The molecule has 6 nitrogen and oxygen atoms in total. The third-order valence-corrected chi connectivity index (χ3v) is 7.36. The van der Waals surface area contributed by atoms with E-state index in [9.17, 15) is 26.0 Å². The molecule has 11 heteroatoms. The Kier molecular flexibility index (Phi) is 6.32. The number of halogens is 4. The minimum absolute atomic E-state index is 0.0782. The van der Waals surface area contributed by atoms with Crippen molar-refractivity contribution >= 4 is 16.0 Å². The zero-order valence-corrected chi connectivity index (χ0v) is 19.9. The first-order valence-corrected chi connectivity index (χ1v) is 12.6. The van der Waals surface area contributed by atoms with Crippen molar-refractivity contribution in [3.05, 3.63) is 102 Å². The van der Waals surface area contributed by atoms with E-state index in [0.717, 1.165) is 12.1 Å². The summed E-state index contributed by atoms with van der Waals surface area (Å²) in [5.41, 5.74) is 1.15. The molecule has 1 aliphatic rings. The van der Waals surface area contributed by atoms with Crippen molar-refractivity contribution in [2.45, 2.75) is 23.4 Å². The highest BCUT2D eigenvalue weighted by Crippen LogP contribution is 2.44. The zero-order valence-electron chi connectivity index (χ0n) is 19.0. The van der Waals surface area contributed by atoms with Crippen LogP contribution in [0.5, 0.6) is 5.75 Å². The van der Waals surface area contributed by atoms with Crippen LogP contribution < -0.4 is 9.46 Å². The van der Waals surface area contributed by atoms with E-state index in [-0.39, 0.29) is 23.4 Å². The van der Waals surface area contributed by atoms with Gasteiger partial charge in [0.2, 0.25) is 5.95 Å². The second kappa shape index (κ2) is 9.47. The molecule has 0 radical (unpaired) electrons. The predicted molar refractivity (Wildman–Crippen MR) is 128 cm³/mol. The lowest BCUT2D eigenvalue weighted by Gasteiger charge is -2.29. The maximum absolute atomic E-state index is 13.5. The molecule has 1 aliphatic heterocycles. The number of nitrogens with one attached hydrogen (secondary N) is 1. The van der Waals surface area contributed by atoms with Crippen LogP contribution >= 0.6 is 0 Å². The predicted octanol–water partition coefficient (Wildman–Crippen LogP) is 6.02. The van der Waals surface area contributed by atoms with E-state index in [1.54, 1.807) is 12.1 Å². The van der Waals surface area contributed by atoms with Gasteiger partial charge in [-0.3, -0.25) is 0 Å². The molecular formula is C26H19F4N3O3S. The monoisotopic (exact) mass is 529 g/mol. The second-order valence-electron chi connectivity index (χ2n) is 8.37. The summed E-state index contributed by atoms with van der Waals surface area (Å²) in [5.74, 6) is -0.670. The molecular weight excluding hydrogens is 510 g/mol. The zero-order chi connectivity index (χ0) is 26.2. The van der Waals surface area contributed by atoms with Crippen molar-refractivity contribution in [2.24, 2.45) is 0 Å². The smallest absolute Gasteiger partial charge is 0.416 e. The van der Waals surface area contributed by atoms with Crippen LogP contribution in [-0.4, -0.2) is 25.0 Å². The Morgan fingerprint density at radius 3 is 2.32 bits per heavy atom. The van der Waals surface area contributed by atoms with Crippen LogP contribution in [0.2, 0.25) is 0 Å². The molecule has 0 aliphatic carbocycles. The molecule has 3 aromatic carbocycles. The van der Waals surface area contributed by atoms with Gasteiger partial charge in [0.25, 0.3) is 10.0 Å². The largest absolute Gasteiger partial charge is 0.493 e. The molecule has 1 N–H and O–H groups in total. The molecule has 4 aromatic rings. The molecule has 0 saturated heterocycles. The van der Waals surface area contributed by atoms with Gasteiger partial charge < -0.3 is 4.74 Å². The number of benzene rings is 3. The number of hydrogen-bond acceptors (Lipinski definition) is 5. The Labute approximate surface area is 210 Å². The van der Waals surface area contributed by atoms with Crippen LogP contribution in [0.3, 0.4) is 0 Å². The SMILES string of the molecule is O=S(=O)(Nc1ncccn1)c1ccc2c(c1)OCC[C@@H]2c1ccc(C(F)(F)F)cc1-c1ccc(F)cc1. The van der Waals surface area contributed by atoms with Crippen molar-refractivity contribution in [1.82, 2.24) is 9.97 Å². The maximum Gasteiger partial charge on any atom is 0.416 e. The van der Waals surface area contributed by atoms with Crippen molar-refractivity contribution in [3.8, 4) is 16.9 Å². The molecule has 5 rings (SSSR count). The van der Waals surface area contributed by atoms with Gasteiger partial charge >= 0.3 is 6.18 Å². The summed E-state index contributed by atoms with van der Waals surface area (Å²) in [4.78, 5) is 7.64. The van der Waals surface area contributed by atoms with Crippen LogP contribution in [0.15, 0.2) is 84.0 Å². The highest BCUT2D eigenvalue weighted by molar-refractivity contribution is 7.92. The van der Waals surface area contributed by atoms with Crippen LogP contribution in [0, 0.1) is 5.82 Å². The van der Waals surface area contributed by atoms with Gasteiger partial charge in [-0.25, -0.2) is 27.5 Å². The van der Waals surface area contributed by atoms with Crippen LogP contribution in [0.1, 0.15) is 29.0 Å². The third-order valence-electron chi connectivity index (χ3n) is 6.04. The van der Waals surface area contributed by atoms with E-state index in [4.69, 9.17) is 4.74 Å². The number of sulfonamides is 1. The first-order valence-electron chi connectivity index (χ1n) is 11.2. The summed E-state index contributed by atoms with van der Waals surface area (Å²) in [6, 6.07) is 14.6. The van der Waals surface area contributed by atoms with E-state index in [2.05, 4.69) is 14.7 Å². The molecule has 0 unspecified atom stereocenters. The Bertz CT molecular complexity index is 1540. The number of ether oxygens (including phenoxy) is 1. The van der Waals surface area contributed by atoms with E-state index in [1.165, 1.54) is 54.9 Å². The van der Waals surface area contributed by atoms with Gasteiger partial charge in [0.1, 0.15) is 11.6 Å². The Hall–Kier alpha value is -3.99. The molecule has 0 amide bonds. The average Bonchev–Trinajstić information content (AvgIpc) is 2.88. The fourth-order valence-electron chi connectivity index (χ4n) is 4.31. The topological polar surface area (TPSA) is 81.2 Å². The Morgan fingerprint density at radius 2 is 1.62 bits per heavy atom. The van der Waals surface area contributed by atoms with Crippen LogP contribution in [0.4, 0.5) is 23.5 Å². The lowest BCUT2D eigenvalue weighted by Crippen LogP contribution is -2.19. The first kappa shape index (κ1) is 24.7. The van der Waals surface area contributed by atoms with Gasteiger partial charge in [0, 0.05) is 29.9 Å². The summed E-state index contributed by atoms with van der Waals surface area (Å²) in [5, 5.41) is 0. The lowest BCUT2D eigenvalue weighted by molar-refractivity contribution is -0.137. The molecule has 190 valence electrons. The number of anilines is 1. The maximum atomic E-state index is 13.5. The third kappa shape index (κ3) is 5.12.